The molecule has 0 aromatic heterocycles. The molecule has 6 nitrogen and oxygen atoms in total. The maximum atomic E-state index is 11.3. The lowest BCUT2D eigenvalue weighted by molar-refractivity contribution is -0.167. The minimum atomic E-state index is -1.08. The van der Waals surface area contributed by atoms with E-state index in [0.29, 0.717) is 6.61 Å². The molecule has 0 unspecified atom stereocenters. The molecule has 0 aromatic carbocycles. The van der Waals surface area contributed by atoms with Gasteiger partial charge < -0.3 is 14.6 Å². The number of carboxylic acids is 1. The Kier molecular flexibility index (Phi) is 7.75. The number of ether oxygens (including phenoxy) is 2. The van der Waals surface area contributed by atoms with Gasteiger partial charge in [-0.2, -0.15) is 0 Å². The molecule has 6 heteroatoms. The molecule has 1 atom stereocenters. The van der Waals surface area contributed by atoms with E-state index in [0.717, 1.165) is 12.8 Å². The SMILES string of the molecule is CCCCOC(=O)[C@H](C)OC(=O)CCC(=O)O. The largest absolute Gasteiger partial charge is 0.481 e. The van der Waals surface area contributed by atoms with Gasteiger partial charge in [0.15, 0.2) is 6.10 Å². The van der Waals surface area contributed by atoms with E-state index in [4.69, 9.17) is 14.6 Å². The lowest BCUT2D eigenvalue weighted by Crippen LogP contribution is -2.26. The van der Waals surface area contributed by atoms with Gasteiger partial charge in [0.05, 0.1) is 19.4 Å². The van der Waals surface area contributed by atoms with Crippen molar-refractivity contribution < 1.29 is 29.0 Å². The highest BCUT2D eigenvalue weighted by atomic mass is 16.6. The van der Waals surface area contributed by atoms with E-state index in [-0.39, 0.29) is 12.8 Å². The Morgan fingerprint density at radius 2 is 1.88 bits per heavy atom. The van der Waals surface area contributed by atoms with Crippen molar-refractivity contribution in [2.75, 3.05) is 6.61 Å². The zero-order valence-corrected chi connectivity index (χ0v) is 10.1. The molecule has 0 saturated heterocycles. The van der Waals surface area contributed by atoms with E-state index in [1.165, 1.54) is 6.92 Å². The average Bonchev–Trinajstić information content (AvgIpc) is 2.26. The fraction of sp³-hybridized carbons (Fsp3) is 0.727. The Balaban J connectivity index is 3.82. The molecule has 0 amide bonds. The zero-order valence-electron chi connectivity index (χ0n) is 10.1. The number of esters is 2. The first kappa shape index (κ1) is 15.4. The summed E-state index contributed by atoms with van der Waals surface area (Å²) in [5, 5.41) is 8.35. The summed E-state index contributed by atoms with van der Waals surface area (Å²) in [7, 11) is 0. The summed E-state index contributed by atoms with van der Waals surface area (Å²) in [5.74, 6) is -2.41. The lowest BCUT2D eigenvalue weighted by atomic mass is 10.3. The number of hydrogen-bond donors (Lipinski definition) is 1. The topological polar surface area (TPSA) is 89.9 Å². The maximum Gasteiger partial charge on any atom is 0.347 e. The second-order valence-electron chi connectivity index (χ2n) is 3.55. The molecule has 0 bridgehead atoms. The van der Waals surface area contributed by atoms with Crippen molar-refractivity contribution >= 4 is 17.9 Å². The summed E-state index contributed by atoms with van der Waals surface area (Å²) >= 11 is 0. The van der Waals surface area contributed by atoms with Gasteiger partial charge in [0, 0.05) is 0 Å². The number of rotatable bonds is 8. The molecule has 0 aliphatic rings. The molecular weight excluding hydrogens is 228 g/mol. The third-order valence-electron chi connectivity index (χ3n) is 1.93. The Labute approximate surface area is 99.9 Å². The number of carbonyl (C=O) groups excluding carboxylic acids is 2. The van der Waals surface area contributed by atoms with Gasteiger partial charge in [0.1, 0.15) is 0 Å². The van der Waals surface area contributed by atoms with E-state index in [2.05, 4.69) is 0 Å². The Morgan fingerprint density at radius 1 is 1.24 bits per heavy atom. The van der Waals surface area contributed by atoms with E-state index in [1.807, 2.05) is 6.92 Å². The molecule has 1 N–H and O–H groups in total. The van der Waals surface area contributed by atoms with Gasteiger partial charge in [-0.15, -0.1) is 0 Å². The van der Waals surface area contributed by atoms with Crippen LogP contribution in [0.3, 0.4) is 0 Å². The fourth-order valence-electron chi connectivity index (χ4n) is 0.948. The van der Waals surface area contributed by atoms with Gasteiger partial charge in [0.2, 0.25) is 0 Å². The molecule has 0 rings (SSSR count). The van der Waals surface area contributed by atoms with Crippen molar-refractivity contribution in [3.8, 4) is 0 Å². The molecule has 0 fully saturated rings. The Morgan fingerprint density at radius 3 is 2.41 bits per heavy atom. The van der Waals surface area contributed by atoms with Crippen LogP contribution in [0, 0.1) is 0 Å². The van der Waals surface area contributed by atoms with Crippen LogP contribution in [-0.2, 0) is 23.9 Å². The van der Waals surface area contributed by atoms with Crippen LogP contribution in [0.15, 0.2) is 0 Å². The third kappa shape index (κ3) is 8.24. The average molecular weight is 246 g/mol. The molecule has 98 valence electrons. The summed E-state index contributed by atoms with van der Waals surface area (Å²) in [6.07, 6.45) is 0.109. The van der Waals surface area contributed by atoms with E-state index in [9.17, 15) is 14.4 Å². The highest BCUT2D eigenvalue weighted by Crippen LogP contribution is 2.01. The number of hydrogen-bond acceptors (Lipinski definition) is 5. The molecular formula is C11H18O6. The molecule has 0 spiro atoms. The van der Waals surface area contributed by atoms with E-state index in [1.54, 1.807) is 0 Å². The standard InChI is InChI=1S/C11H18O6/c1-3-4-7-16-11(15)8(2)17-10(14)6-5-9(12)13/h8H,3-7H2,1-2H3,(H,12,13)/t8-/m0/s1. The smallest absolute Gasteiger partial charge is 0.347 e. The molecule has 0 radical (unpaired) electrons. The normalized spacial score (nSPS) is 11.6. The fourth-order valence-corrected chi connectivity index (χ4v) is 0.948. The van der Waals surface area contributed by atoms with Crippen molar-refractivity contribution in [2.24, 2.45) is 0 Å². The first-order valence-corrected chi connectivity index (χ1v) is 5.55. The van der Waals surface area contributed by atoms with Crippen LogP contribution in [0.4, 0.5) is 0 Å². The van der Waals surface area contributed by atoms with Crippen LogP contribution >= 0.6 is 0 Å². The van der Waals surface area contributed by atoms with Gasteiger partial charge in [0.25, 0.3) is 0 Å². The van der Waals surface area contributed by atoms with E-state index >= 15 is 0 Å². The van der Waals surface area contributed by atoms with Crippen LogP contribution in [0.2, 0.25) is 0 Å². The van der Waals surface area contributed by atoms with Crippen LogP contribution in [0.25, 0.3) is 0 Å². The van der Waals surface area contributed by atoms with Crippen molar-refractivity contribution in [1.29, 1.82) is 0 Å². The first-order valence-electron chi connectivity index (χ1n) is 5.55. The van der Waals surface area contributed by atoms with Gasteiger partial charge in [-0.05, 0) is 13.3 Å². The predicted octanol–water partition coefficient (Wildman–Crippen LogP) is 1.13. The zero-order chi connectivity index (χ0) is 13.3. The lowest BCUT2D eigenvalue weighted by Gasteiger charge is -2.12. The minimum absolute atomic E-state index is 0.248. The van der Waals surface area contributed by atoms with Crippen molar-refractivity contribution in [1.82, 2.24) is 0 Å². The molecule has 0 heterocycles. The maximum absolute atomic E-state index is 11.3. The molecule has 17 heavy (non-hydrogen) atoms. The van der Waals surface area contributed by atoms with Gasteiger partial charge in [-0.3, -0.25) is 9.59 Å². The number of unbranched alkanes of at least 4 members (excludes halogenated alkanes) is 1. The molecule has 0 aliphatic heterocycles. The van der Waals surface area contributed by atoms with Crippen LogP contribution in [0.5, 0.6) is 0 Å². The van der Waals surface area contributed by atoms with Crippen molar-refractivity contribution in [2.45, 2.75) is 45.6 Å². The Hall–Kier alpha value is -1.59. The van der Waals surface area contributed by atoms with Gasteiger partial charge >= 0.3 is 17.9 Å². The summed E-state index contributed by atoms with van der Waals surface area (Å²) < 4.78 is 9.55. The number of carbonyl (C=O) groups is 3. The quantitative estimate of drug-likeness (QED) is 0.510. The monoisotopic (exact) mass is 246 g/mol. The number of carboxylic acid groups (broad SMARTS) is 1. The highest BCUT2D eigenvalue weighted by molar-refractivity contribution is 5.81. The summed E-state index contributed by atoms with van der Waals surface area (Å²) in [4.78, 5) is 32.6. The van der Waals surface area contributed by atoms with Crippen LogP contribution in [-0.4, -0.2) is 35.7 Å². The van der Waals surface area contributed by atoms with Crippen molar-refractivity contribution in [3.63, 3.8) is 0 Å². The summed E-state index contributed by atoms with van der Waals surface area (Å²) in [6.45, 7) is 3.66. The summed E-state index contributed by atoms with van der Waals surface area (Å²) in [6, 6.07) is 0. The number of aliphatic carboxylic acids is 1. The molecule has 0 aromatic rings. The Bertz CT molecular complexity index is 273. The second-order valence-corrected chi connectivity index (χ2v) is 3.55. The van der Waals surface area contributed by atoms with Crippen molar-refractivity contribution in [3.05, 3.63) is 0 Å². The predicted molar refractivity (Wildman–Crippen MR) is 58.3 cm³/mol. The second kappa shape index (κ2) is 8.55. The first-order chi connectivity index (χ1) is 7.97. The minimum Gasteiger partial charge on any atom is -0.481 e. The molecule has 0 aliphatic carbocycles. The van der Waals surface area contributed by atoms with Gasteiger partial charge in [-0.25, -0.2) is 4.79 Å². The van der Waals surface area contributed by atoms with Crippen LogP contribution < -0.4 is 0 Å². The van der Waals surface area contributed by atoms with E-state index < -0.39 is 24.0 Å². The molecule has 0 saturated carbocycles. The van der Waals surface area contributed by atoms with Gasteiger partial charge in [-0.1, -0.05) is 13.3 Å². The highest BCUT2D eigenvalue weighted by Gasteiger charge is 2.19. The van der Waals surface area contributed by atoms with Crippen LogP contribution in [0.1, 0.15) is 39.5 Å². The summed E-state index contributed by atoms with van der Waals surface area (Å²) in [5.41, 5.74) is 0. The third-order valence-corrected chi connectivity index (χ3v) is 1.93.